The second-order valence-corrected chi connectivity index (χ2v) is 6.72. The molecule has 3 aromatic heterocycles. The molecule has 0 aliphatic rings. The van der Waals surface area contributed by atoms with Crippen molar-refractivity contribution in [2.45, 2.75) is 6.92 Å². The van der Waals surface area contributed by atoms with Gasteiger partial charge in [-0.05, 0) is 29.5 Å². The summed E-state index contributed by atoms with van der Waals surface area (Å²) in [5.74, 6) is -3.65. The first-order valence-electron chi connectivity index (χ1n) is 7.54. The second kappa shape index (κ2) is 6.43. The summed E-state index contributed by atoms with van der Waals surface area (Å²) in [7, 11) is 0. The number of rotatable bonds is 3. The summed E-state index contributed by atoms with van der Waals surface area (Å²) in [6, 6.07) is 4.26. The van der Waals surface area contributed by atoms with Crippen LogP contribution in [-0.4, -0.2) is 30.9 Å². The minimum Gasteiger partial charge on any atom is -0.298 e. The van der Waals surface area contributed by atoms with Gasteiger partial charge in [-0.25, -0.2) is 18.2 Å². The molecule has 0 radical (unpaired) electrons. The van der Waals surface area contributed by atoms with Crippen molar-refractivity contribution in [3.8, 4) is 11.3 Å². The lowest BCUT2D eigenvalue weighted by molar-refractivity contribution is 0.102. The normalized spacial score (nSPS) is 11.1. The van der Waals surface area contributed by atoms with Crippen molar-refractivity contribution >= 4 is 28.0 Å². The zero-order valence-electron chi connectivity index (χ0n) is 13.6. The van der Waals surface area contributed by atoms with Crippen molar-refractivity contribution < 1.29 is 18.0 Å². The minimum atomic E-state index is -1.07. The van der Waals surface area contributed by atoms with E-state index in [1.54, 1.807) is 13.0 Å². The Morgan fingerprint density at radius 3 is 2.67 bits per heavy atom. The Bertz CT molecular complexity index is 1170. The molecule has 4 rings (SSSR count). The predicted octanol–water partition coefficient (Wildman–Crippen LogP) is 3.23. The number of fused-ring (bicyclic) bond motifs is 1. The van der Waals surface area contributed by atoms with E-state index in [1.165, 1.54) is 16.8 Å². The van der Waals surface area contributed by atoms with Gasteiger partial charge in [0, 0.05) is 23.2 Å². The Labute approximate surface area is 153 Å². The Morgan fingerprint density at radius 1 is 1.19 bits per heavy atom. The first-order valence-corrected chi connectivity index (χ1v) is 8.35. The summed E-state index contributed by atoms with van der Waals surface area (Å²) in [6.45, 7) is 1.60. The van der Waals surface area contributed by atoms with Crippen molar-refractivity contribution in [2.24, 2.45) is 0 Å². The summed E-state index contributed by atoms with van der Waals surface area (Å²) in [5, 5.41) is 13.6. The Hall–Kier alpha value is -3.34. The number of carbonyl (C=O) groups excluding carboxylic acids is 1. The first-order chi connectivity index (χ1) is 12.9. The summed E-state index contributed by atoms with van der Waals surface area (Å²) in [4.78, 5) is 16.9. The fourth-order valence-corrected chi connectivity index (χ4v) is 3.31. The maximum absolute atomic E-state index is 14.0. The molecule has 0 saturated carbocycles. The minimum absolute atomic E-state index is 0.00114. The summed E-state index contributed by atoms with van der Waals surface area (Å²) < 4.78 is 42.5. The van der Waals surface area contributed by atoms with Gasteiger partial charge in [0.05, 0.1) is 16.8 Å². The number of pyridine rings is 1. The summed E-state index contributed by atoms with van der Waals surface area (Å²) >= 11 is 1.04. The third-order valence-corrected chi connectivity index (χ3v) is 4.60. The number of anilines is 1. The van der Waals surface area contributed by atoms with Crippen molar-refractivity contribution in [3.63, 3.8) is 0 Å². The van der Waals surface area contributed by atoms with Gasteiger partial charge in [-0.1, -0.05) is 0 Å². The lowest BCUT2D eigenvalue weighted by Gasteiger charge is -2.03. The number of hydrogen-bond donors (Lipinski definition) is 1. The van der Waals surface area contributed by atoms with E-state index in [0.29, 0.717) is 22.7 Å². The van der Waals surface area contributed by atoms with E-state index < -0.39 is 28.9 Å². The van der Waals surface area contributed by atoms with Gasteiger partial charge in [0.2, 0.25) is 0 Å². The highest BCUT2D eigenvalue weighted by Gasteiger charge is 2.20. The first kappa shape index (κ1) is 17.1. The molecule has 136 valence electrons. The number of tetrazole rings is 1. The fraction of sp³-hybridized carbons (Fsp3) is 0.0625. The molecule has 11 heteroatoms. The number of aromatic nitrogens is 5. The third kappa shape index (κ3) is 3.12. The second-order valence-electron chi connectivity index (χ2n) is 5.52. The van der Waals surface area contributed by atoms with E-state index in [-0.39, 0.29) is 16.4 Å². The Balaban J connectivity index is 1.64. The summed E-state index contributed by atoms with van der Waals surface area (Å²) in [5.41, 5.74) is 0.298. The standard InChI is InChI=1S/C16H9F3N6OS/c1-7-14(13-10(18)4-9(17)5-11(13)19)20-16(27-7)21-15(26)8-2-3-12-22-23-24-25(12)6-8/h2-6H,1H3,(H,20,21,26). The van der Waals surface area contributed by atoms with Crippen molar-refractivity contribution in [2.75, 3.05) is 5.32 Å². The average Bonchev–Trinajstić information content (AvgIpc) is 3.20. The van der Waals surface area contributed by atoms with E-state index in [2.05, 4.69) is 25.8 Å². The van der Waals surface area contributed by atoms with Gasteiger partial charge in [0.1, 0.15) is 17.5 Å². The van der Waals surface area contributed by atoms with Crippen LogP contribution in [0.5, 0.6) is 0 Å². The molecule has 0 fully saturated rings. The van der Waals surface area contributed by atoms with E-state index in [9.17, 15) is 18.0 Å². The fourth-order valence-electron chi connectivity index (χ4n) is 2.50. The third-order valence-electron chi connectivity index (χ3n) is 3.71. The number of benzene rings is 1. The van der Waals surface area contributed by atoms with Crippen LogP contribution in [0, 0.1) is 24.4 Å². The Morgan fingerprint density at radius 2 is 1.93 bits per heavy atom. The van der Waals surface area contributed by atoms with Crippen molar-refractivity contribution in [3.05, 3.63) is 58.4 Å². The number of carbonyl (C=O) groups is 1. The maximum Gasteiger partial charge on any atom is 0.259 e. The quantitative estimate of drug-likeness (QED) is 0.581. The highest BCUT2D eigenvalue weighted by molar-refractivity contribution is 7.16. The molecule has 0 atom stereocenters. The highest BCUT2D eigenvalue weighted by Crippen LogP contribution is 2.34. The number of nitrogens with zero attached hydrogens (tertiary/aromatic N) is 5. The largest absolute Gasteiger partial charge is 0.298 e. The van der Waals surface area contributed by atoms with Gasteiger partial charge in [-0.2, -0.15) is 4.52 Å². The van der Waals surface area contributed by atoms with Gasteiger partial charge < -0.3 is 0 Å². The molecule has 4 aromatic rings. The SMILES string of the molecule is Cc1sc(NC(=O)c2ccc3nnnn3c2)nc1-c1c(F)cc(F)cc1F. The molecule has 0 aliphatic carbocycles. The monoisotopic (exact) mass is 390 g/mol. The van der Waals surface area contributed by atoms with Crippen LogP contribution in [0.3, 0.4) is 0 Å². The maximum atomic E-state index is 14.0. The van der Waals surface area contributed by atoms with Crippen LogP contribution >= 0.6 is 11.3 Å². The van der Waals surface area contributed by atoms with Crippen molar-refractivity contribution in [1.82, 2.24) is 25.0 Å². The molecular formula is C16H9F3N6OS. The van der Waals surface area contributed by atoms with Crippen LogP contribution in [0.1, 0.15) is 15.2 Å². The smallest absolute Gasteiger partial charge is 0.259 e. The van der Waals surface area contributed by atoms with Gasteiger partial charge in [0.15, 0.2) is 10.8 Å². The number of thiazole rings is 1. The van der Waals surface area contributed by atoms with Crippen LogP contribution < -0.4 is 5.32 Å². The lowest BCUT2D eigenvalue weighted by Crippen LogP contribution is -2.12. The zero-order valence-corrected chi connectivity index (χ0v) is 14.4. The molecule has 1 N–H and O–H groups in total. The van der Waals surface area contributed by atoms with Crippen LogP contribution in [0.25, 0.3) is 16.9 Å². The summed E-state index contributed by atoms with van der Waals surface area (Å²) in [6.07, 6.45) is 1.44. The van der Waals surface area contributed by atoms with Crippen LogP contribution in [0.15, 0.2) is 30.5 Å². The number of nitrogens with one attached hydrogen (secondary N) is 1. The highest BCUT2D eigenvalue weighted by atomic mass is 32.1. The van der Waals surface area contributed by atoms with Gasteiger partial charge >= 0.3 is 0 Å². The zero-order chi connectivity index (χ0) is 19.1. The van der Waals surface area contributed by atoms with E-state index >= 15 is 0 Å². The number of amides is 1. The molecule has 0 spiro atoms. The van der Waals surface area contributed by atoms with Gasteiger partial charge in [0.25, 0.3) is 5.91 Å². The predicted molar refractivity (Wildman–Crippen MR) is 90.9 cm³/mol. The molecule has 0 saturated heterocycles. The number of aryl methyl sites for hydroxylation is 1. The van der Waals surface area contributed by atoms with E-state index in [0.717, 1.165) is 11.3 Å². The van der Waals surface area contributed by atoms with E-state index in [4.69, 9.17) is 0 Å². The topological polar surface area (TPSA) is 85.1 Å². The molecule has 1 aromatic carbocycles. The Kier molecular flexibility index (Phi) is 4.07. The molecule has 0 bridgehead atoms. The van der Waals surface area contributed by atoms with Gasteiger partial charge in [-0.3, -0.25) is 10.1 Å². The molecule has 0 unspecified atom stereocenters. The molecule has 1 amide bonds. The molecule has 3 heterocycles. The molecule has 27 heavy (non-hydrogen) atoms. The molecule has 7 nitrogen and oxygen atoms in total. The number of halogens is 3. The molecule has 0 aliphatic heterocycles. The van der Waals surface area contributed by atoms with E-state index in [1.807, 2.05) is 0 Å². The van der Waals surface area contributed by atoms with Crippen LogP contribution in [-0.2, 0) is 0 Å². The van der Waals surface area contributed by atoms with Crippen LogP contribution in [0.4, 0.5) is 18.3 Å². The average molecular weight is 390 g/mol. The number of hydrogen-bond acceptors (Lipinski definition) is 6. The van der Waals surface area contributed by atoms with Crippen LogP contribution in [0.2, 0.25) is 0 Å². The van der Waals surface area contributed by atoms with Crippen molar-refractivity contribution in [1.29, 1.82) is 0 Å². The molecular weight excluding hydrogens is 381 g/mol. The lowest BCUT2D eigenvalue weighted by atomic mass is 10.1. The van der Waals surface area contributed by atoms with Gasteiger partial charge in [-0.15, -0.1) is 16.4 Å².